The molecule has 0 aliphatic heterocycles. The van der Waals surface area contributed by atoms with Gasteiger partial charge in [0.05, 0.1) is 0 Å². The zero-order chi connectivity index (χ0) is 12.8. The van der Waals surface area contributed by atoms with E-state index in [0.717, 1.165) is 0 Å². The van der Waals surface area contributed by atoms with Crippen LogP contribution >= 0.6 is 20.6 Å². The molecule has 0 aliphatic carbocycles. The van der Waals surface area contributed by atoms with E-state index >= 15 is 0 Å². The first-order valence-corrected chi connectivity index (χ1v) is 7.73. The molecule has 0 atom stereocenters. The molecule has 6 heteroatoms. The van der Waals surface area contributed by atoms with Crippen molar-refractivity contribution in [1.82, 2.24) is 0 Å². The molecule has 0 fully saturated rings. The molecule has 0 aliphatic rings. The Kier molecular flexibility index (Phi) is 5.33. The molecule has 0 saturated carbocycles. The van der Waals surface area contributed by atoms with Crippen LogP contribution in [-0.2, 0) is 15.7 Å². The molecule has 0 radical (unpaired) electrons. The van der Waals surface area contributed by atoms with Gasteiger partial charge in [-0.2, -0.15) is 0 Å². The summed E-state index contributed by atoms with van der Waals surface area (Å²) in [7, 11) is 0. The van der Waals surface area contributed by atoms with E-state index < -0.39 is 38.4 Å². The van der Waals surface area contributed by atoms with E-state index in [1.165, 1.54) is 31.2 Å². The summed E-state index contributed by atoms with van der Waals surface area (Å²) < 4.78 is 23.4. The van der Waals surface area contributed by atoms with Crippen molar-refractivity contribution < 1.29 is 20.1 Å². The van der Waals surface area contributed by atoms with Gasteiger partial charge in [-0.3, -0.25) is 0 Å². The van der Waals surface area contributed by atoms with Crippen LogP contribution in [0.2, 0.25) is 0 Å². The molecule has 0 bridgehead atoms. The molecular weight excluding hydrogens is 342 g/mol. The summed E-state index contributed by atoms with van der Waals surface area (Å²) in [6.45, 7) is 2.89. The van der Waals surface area contributed by atoms with Gasteiger partial charge in [-0.25, -0.2) is 0 Å². The number of hydrogen-bond acceptors (Lipinski definition) is 4. The molecule has 0 saturated heterocycles. The Hall–Kier alpha value is -1.18. The Morgan fingerprint density at radius 1 is 1.24 bits per heavy atom. The number of halogens is 2. The minimum absolute atomic E-state index is 0.205. The van der Waals surface area contributed by atoms with E-state index in [2.05, 4.69) is 0 Å². The second-order valence-electron chi connectivity index (χ2n) is 3.03. The van der Waals surface area contributed by atoms with Crippen LogP contribution in [0, 0.1) is 9.39 Å². The van der Waals surface area contributed by atoms with Crippen molar-refractivity contribution in [2.75, 3.05) is 0 Å². The van der Waals surface area contributed by atoms with Gasteiger partial charge < -0.3 is 0 Å². The summed E-state index contributed by atoms with van der Waals surface area (Å²) in [5.74, 6) is -1.33. The number of benzene rings is 1. The third kappa shape index (κ3) is 4.68. The van der Waals surface area contributed by atoms with Crippen molar-refractivity contribution in [3.8, 4) is 0 Å². The first-order chi connectivity index (χ1) is 8.02. The maximum atomic E-state index is 12.7. The van der Waals surface area contributed by atoms with Crippen molar-refractivity contribution in [2.45, 2.75) is 20.3 Å². The molecule has 1 rings (SSSR count). The standard InChI is InChI=1S/C11H12FIO4/c1-3-11(15)17-13(16-8(2)14)10-6-4-9(12)5-7-10/h4-7H,3H2,1-2H3. The van der Waals surface area contributed by atoms with Gasteiger partial charge in [0, 0.05) is 0 Å². The topological polar surface area (TPSA) is 52.6 Å². The first-order valence-electron chi connectivity index (χ1n) is 4.89. The van der Waals surface area contributed by atoms with E-state index in [-0.39, 0.29) is 6.42 Å². The molecule has 4 nitrogen and oxygen atoms in total. The number of hydrogen-bond donors (Lipinski definition) is 0. The molecule has 0 amide bonds. The van der Waals surface area contributed by atoms with E-state index in [4.69, 9.17) is 6.13 Å². The minimum atomic E-state index is -2.80. The van der Waals surface area contributed by atoms with E-state index in [1.54, 1.807) is 6.92 Å². The predicted octanol–water partition coefficient (Wildman–Crippen LogP) is 2.85. The van der Waals surface area contributed by atoms with Gasteiger partial charge in [0.1, 0.15) is 0 Å². The van der Waals surface area contributed by atoms with Crippen LogP contribution in [0.25, 0.3) is 0 Å². The SMILES string of the molecule is CCC(=O)OI(OC(C)=O)c1ccc(F)cc1. The van der Waals surface area contributed by atoms with Gasteiger partial charge in [-0.15, -0.1) is 0 Å². The van der Waals surface area contributed by atoms with Crippen molar-refractivity contribution in [3.05, 3.63) is 33.7 Å². The molecule has 1 aromatic carbocycles. The van der Waals surface area contributed by atoms with Gasteiger partial charge in [-0.1, -0.05) is 0 Å². The van der Waals surface area contributed by atoms with Crippen LogP contribution in [0.15, 0.2) is 24.3 Å². The van der Waals surface area contributed by atoms with Crippen molar-refractivity contribution in [2.24, 2.45) is 0 Å². The molecule has 0 unspecified atom stereocenters. The Morgan fingerprint density at radius 2 is 1.82 bits per heavy atom. The first kappa shape index (κ1) is 13.9. The van der Waals surface area contributed by atoms with Crippen molar-refractivity contribution in [1.29, 1.82) is 0 Å². The molecule has 1 aromatic rings. The van der Waals surface area contributed by atoms with E-state index in [1.807, 2.05) is 0 Å². The van der Waals surface area contributed by atoms with Crippen LogP contribution < -0.4 is 0 Å². The summed E-state index contributed by atoms with van der Waals surface area (Å²) in [4.78, 5) is 22.1. The summed E-state index contributed by atoms with van der Waals surface area (Å²) >= 11 is -2.80. The molecular formula is C11H12FIO4. The molecule has 0 N–H and O–H groups in total. The van der Waals surface area contributed by atoms with Crippen molar-refractivity contribution >= 4 is 32.6 Å². The van der Waals surface area contributed by atoms with Crippen LogP contribution in [0.5, 0.6) is 0 Å². The Labute approximate surface area is 107 Å². The average Bonchev–Trinajstić information content (AvgIpc) is 2.28. The van der Waals surface area contributed by atoms with E-state index in [9.17, 15) is 14.0 Å². The third-order valence-corrected chi connectivity index (χ3v) is 5.25. The Bertz CT molecular complexity index is 404. The fourth-order valence-corrected chi connectivity index (χ4v) is 3.73. The summed E-state index contributed by atoms with van der Waals surface area (Å²) in [6, 6.07) is 5.41. The fraction of sp³-hybridized carbons (Fsp3) is 0.273. The fourth-order valence-electron chi connectivity index (χ4n) is 0.869. The summed E-state index contributed by atoms with van der Waals surface area (Å²) in [5.41, 5.74) is 0. The van der Waals surface area contributed by atoms with Crippen LogP contribution in [0.1, 0.15) is 20.3 Å². The van der Waals surface area contributed by atoms with E-state index in [0.29, 0.717) is 3.57 Å². The predicted molar refractivity (Wildman–Crippen MR) is 67.3 cm³/mol. The zero-order valence-corrected chi connectivity index (χ0v) is 11.6. The molecule has 0 heterocycles. The average molecular weight is 354 g/mol. The normalized spacial score (nSPS) is 10.6. The number of carbonyl (C=O) groups is 2. The van der Waals surface area contributed by atoms with Gasteiger partial charge in [0.2, 0.25) is 0 Å². The Morgan fingerprint density at radius 3 is 2.29 bits per heavy atom. The maximum absolute atomic E-state index is 12.7. The summed E-state index contributed by atoms with van der Waals surface area (Å²) in [5, 5.41) is 0. The van der Waals surface area contributed by atoms with Crippen LogP contribution in [-0.4, -0.2) is 11.9 Å². The monoisotopic (exact) mass is 354 g/mol. The van der Waals surface area contributed by atoms with Gasteiger partial charge in [0.15, 0.2) is 0 Å². The summed E-state index contributed by atoms with van der Waals surface area (Å²) in [6.07, 6.45) is 0.205. The quantitative estimate of drug-likeness (QED) is 0.781. The second-order valence-corrected chi connectivity index (χ2v) is 6.39. The molecule has 94 valence electrons. The van der Waals surface area contributed by atoms with Crippen LogP contribution in [0.4, 0.5) is 4.39 Å². The zero-order valence-electron chi connectivity index (χ0n) is 9.41. The molecule has 17 heavy (non-hydrogen) atoms. The van der Waals surface area contributed by atoms with Gasteiger partial charge in [0.25, 0.3) is 0 Å². The molecule has 0 aromatic heterocycles. The van der Waals surface area contributed by atoms with Gasteiger partial charge in [-0.05, 0) is 0 Å². The molecule has 0 spiro atoms. The van der Waals surface area contributed by atoms with Crippen molar-refractivity contribution in [3.63, 3.8) is 0 Å². The second kappa shape index (κ2) is 6.53. The third-order valence-electron chi connectivity index (χ3n) is 1.61. The van der Waals surface area contributed by atoms with Gasteiger partial charge >= 0.3 is 107 Å². The number of carbonyl (C=O) groups excluding carboxylic acids is 2. The Balaban J connectivity index is 2.85. The van der Waals surface area contributed by atoms with Crippen LogP contribution in [0.3, 0.4) is 0 Å². The number of rotatable bonds is 4.